The second kappa shape index (κ2) is 4.63. The van der Waals surface area contributed by atoms with Gasteiger partial charge in [0.2, 0.25) is 0 Å². The van der Waals surface area contributed by atoms with Gasteiger partial charge in [0.1, 0.15) is 0 Å². The van der Waals surface area contributed by atoms with Crippen LogP contribution in [0.2, 0.25) is 0 Å². The Morgan fingerprint density at radius 3 is 2.44 bits per heavy atom. The van der Waals surface area contributed by atoms with Gasteiger partial charge in [-0.3, -0.25) is 0 Å². The van der Waals surface area contributed by atoms with Crippen LogP contribution in [0.4, 0.5) is 5.13 Å². The fourth-order valence-corrected chi connectivity index (χ4v) is 2.18. The van der Waals surface area contributed by atoms with E-state index in [9.17, 15) is 0 Å². The molecule has 0 aliphatic heterocycles. The van der Waals surface area contributed by atoms with Crippen molar-refractivity contribution >= 4 is 16.5 Å². The van der Waals surface area contributed by atoms with Crippen LogP contribution in [0.5, 0.6) is 0 Å². The minimum Gasteiger partial charge on any atom is -0.354 e. The number of hydrogen-bond acceptors (Lipinski definition) is 4. The van der Waals surface area contributed by atoms with E-state index in [-0.39, 0.29) is 0 Å². The second-order valence-corrected chi connectivity index (χ2v) is 4.65. The van der Waals surface area contributed by atoms with Gasteiger partial charge in [-0.25, -0.2) is 4.98 Å². The van der Waals surface area contributed by atoms with E-state index in [4.69, 9.17) is 5.73 Å². The molecule has 0 saturated carbocycles. The predicted molar refractivity (Wildman–Crippen MR) is 69.8 cm³/mol. The first-order valence-electron chi connectivity index (χ1n) is 5.13. The Balaban J connectivity index is 2.28. The standard InChI is InChI=1S/C12H15N3S/c1-15(2)12-14-11(8-16-12)10-5-3-9(7-13)4-6-10/h3-6,8H,7,13H2,1-2H3. The van der Waals surface area contributed by atoms with Crippen LogP contribution in [0.15, 0.2) is 29.6 Å². The van der Waals surface area contributed by atoms with Crippen molar-refractivity contribution in [1.82, 2.24) is 4.98 Å². The zero-order chi connectivity index (χ0) is 11.5. The van der Waals surface area contributed by atoms with E-state index < -0.39 is 0 Å². The highest BCUT2D eigenvalue weighted by Crippen LogP contribution is 2.26. The Kier molecular flexibility index (Phi) is 3.22. The van der Waals surface area contributed by atoms with Crippen LogP contribution >= 0.6 is 11.3 Å². The predicted octanol–water partition coefficient (Wildman–Crippen LogP) is 2.33. The molecule has 0 aliphatic carbocycles. The SMILES string of the molecule is CN(C)c1nc(-c2ccc(CN)cc2)cs1. The second-order valence-electron chi connectivity index (χ2n) is 3.81. The van der Waals surface area contributed by atoms with Crippen molar-refractivity contribution in [2.75, 3.05) is 19.0 Å². The maximum absolute atomic E-state index is 5.56. The average Bonchev–Trinajstić information content (AvgIpc) is 2.78. The van der Waals surface area contributed by atoms with Crippen molar-refractivity contribution in [1.29, 1.82) is 0 Å². The van der Waals surface area contributed by atoms with Crippen LogP contribution in [0.1, 0.15) is 5.56 Å². The van der Waals surface area contributed by atoms with Crippen LogP contribution in [-0.2, 0) is 6.54 Å². The molecule has 1 heterocycles. The fraction of sp³-hybridized carbons (Fsp3) is 0.250. The van der Waals surface area contributed by atoms with Gasteiger partial charge in [-0.1, -0.05) is 24.3 Å². The summed E-state index contributed by atoms with van der Waals surface area (Å²) < 4.78 is 0. The molecule has 0 amide bonds. The molecule has 2 aromatic rings. The molecule has 1 aromatic heterocycles. The van der Waals surface area contributed by atoms with Crippen molar-refractivity contribution in [3.63, 3.8) is 0 Å². The summed E-state index contributed by atoms with van der Waals surface area (Å²) in [5.41, 5.74) is 8.87. The molecule has 3 nitrogen and oxygen atoms in total. The Bertz CT molecular complexity index is 459. The third kappa shape index (κ3) is 2.23. The summed E-state index contributed by atoms with van der Waals surface area (Å²) in [5.74, 6) is 0. The molecule has 0 fully saturated rings. The quantitative estimate of drug-likeness (QED) is 0.884. The molecule has 0 radical (unpaired) electrons. The molecule has 1 aromatic carbocycles. The molecule has 0 saturated heterocycles. The summed E-state index contributed by atoms with van der Waals surface area (Å²) in [7, 11) is 4.00. The maximum Gasteiger partial charge on any atom is 0.185 e. The molecule has 0 unspecified atom stereocenters. The first-order chi connectivity index (χ1) is 7.70. The number of anilines is 1. The van der Waals surface area contributed by atoms with Gasteiger partial charge in [0.05, 0.1) is 5.69 Å². The normalized spacial score (nSPS) is 10.4. The minimum atomic E-state index is 0.584. The maximum atomic E-state index is 5.56. The van der Waals surface area contributed by atoms with Crippen molar-refractivity contribution in [2.24, 2.45) is 5.73 Å². The zero-order valence-electron chi connectivity index (χ0n) is 9.47. The summed E-state index contributed by atoms with van der Waals surface area (Å²) in [6.07, 6.45) is 0. The van der Waals surface area contributed by atoms with Crippen molar-refractivity contribution in [2.45, 2.75) is 6.54 Å². The largest absolute Gasteiger partial charge is 0.354 e. The first kappa shape index (κ1) is 11.1. The number of rotatable bonds is 3. The third-order valence-corrected chi connectivity index (χ3v) is 3.37. The topological polar surface area (TPSA) is 42.2 Å². The summed E-state index contributed by atoms with van der Waals surface area (Å²) in [4.78, 5) is 6.56. The van der Waals surface area contributed by atoms with Gasteiger partial charge in [-0.15, -0.1) is 11.3 Å². The lowest BCUT2D eigenvalue weighted by Crippen LogP contribution is -2.07. The number of hydrogen-bond donors (Lipinski definition) is 1. The summed E-state index contributed by atoms with van der Waals surface area (Å²) in [5, 5.41) is 3.10. The van der Waals surface area contributed by atoms with Gasteiger partial charge in [0.15, 0.2) is 5.13 Å². The van der Waals surface area contributed by atoms with Crippen molar-refractivity contribution in [3.8, 4) is 11.3 Å². The number of benzene rings is 1. The number of nitrogens with two attached hydrogens (primary N) is 1. The van der Waals surface area contributed by atoms with Crippen LogP contribution < -0.4 is 10.6 Å². The Morgan fingerprint density at radius 2 is 1.94 bits per heavy atom. The Hall–Kier alpha value is -1.39. The molecular weight excluding hydrogens is 218 g/mol. The van der Waals surface area contributed by atoms with Crippen molar-refractivity contribution < 1.29 is 0 Å². The molecule has 16 heavy (non-hydrogen) atoms. The van der Waals surface area contributed by atoms with E-state index in [1.54, 1.807) is 11.3 Å². The summed E-state index contributed by atoms with van der Waals surface area (Å²) in [6.45, 7) is 0.584. The van der Waals surface area contributed by atoms with E-state index in [0.717, 1.165) is 22.0 Å². The lowest BCUT2D eigenvalue weighted by Gasteiger charge is -2.05. The van der Waals surface area contributed by atoms with E-state index in [2.05, 4.69) is 22.5 Å². The molecule has 0 aliphatic rings. The van der Waals surface area contributed by atoms with E-state index in [1.807, 2.05) is 31.1 Å². The Labute approximate surface area is 99.5 Å². The van der Waals surface area contributed by atoms with Gasteiger partial charge in [-0.2, -0.15) is 0 Å². The lowest BCUT2D eigenvalue weighted by molar-refractivity contribution is 1.07. The van der Waals surface area contributed by atoms with Crippen LogP contribution in [0, 0.1) is 0 Å². The smallest absolute Gasteiger partial charge is 0.185 e. The molecule has 2 rings (SSSR count). The highest BCUT2D eigenvalue weighted by atomic mass is 32.1. The molecule has 0 atom stereocenters. The monoisotopic (exact) mass is 233 g/mol. The van der Waals surface area contributed by atoms with E-state index >= 15 is 0 Å². The first-order valence-corrected chi connectivity index (χ1v) is 6.01. The van der Waals surface area contributed by atoms with Crippen LogP contribution in [0.3, 0.4) is 0 Å². The number of thiazole rings is 1. The zero-order valence-corrected chi connectivity index (χ0v) is 10.3. The van der Waals surface area contributed by atoms with Crippen LogP contribution in [-0.4, -0.2) is 19.1 Å². The van der Waals surface area contributed by atoms with E-state index in [0.29, 0.717) is 6.54 Å². The minimum absolute atomic E-state index is 0.584. The van der Waals surface area contributed by atoms with Gasteiger partial charge >= 0.3 is 0 Å². The molecule has 2 N–H and O–H groups in total. The third-order valence-electron chi connectivity index (χ3n) is 2.36. The molecular formula is C12H15N3S. The fourth-order valence-electron chi connectivity index (χ4n) is 1.41. The molecule has 0 bridgehead atoms. The number of aromatic nitrogens is 1. The van der Waals surface area contributed by atoms with E-state index in [1.165, 1.54) is 0 Å². The van der Waals surface area contributed by atoms with Gasteiger partial charge in [0, 0.05) is 31.6 Å². The lowest BCUT2D eigenvalue weighted by atomic mass is 10.1. The summed E-state index contributed by atoms with van der Waals surface area (Å²) in [6, 6.07) is 8.22. The van der Waals surface area contributed by atoms with Crippen molar-refractivity contribution in [3.05, 3.63) is 35.2 Å². The molecule has 4 heteroatoms. The number of nitrogens with zero attached hydrogens (tertiary/aromatic N) is 2. The molecule has 84 valence electrons. The highest BCUT2D eigenvalue weighted by molar-refractivity contribution is 7.14. The molecule has 0 spiro atoms. The average molecular weight is 233 g/mol. The van der Waals surface area contributed by atoms with Gasteiger partial charge in [0.25, 0.3) is 0 Å². The Morgan fingerprint density at radius 1 is 1.25 bits per heavy atom. The summed E-state index contributed by atoms with van der Waals surface area (Å²) >= 11 is 1.65. The van der Waals surface area contributed by atoms with Gasteiger partial charge < -0.3 is 10.6 Å². The highest BCUT2D eigenvalue weighted by Gasteiger charge is 2.05. The van der Waals surface area contributed by atoms with Gasteiger partial charge in [-0.05, 0) is 5.56 Å². The van der Waals surface area contributed by atoms with Crippen LogP contribution in [0.25, 0.3) is 11.3 Å².